The normalized spacial score (nSPS) is 11.8. The summed E-state index contributed by atoms with van der Waals surface area (Å²) in [4.78, 5) is 0. The number of benzene rings is 11. The van der Waals surface area contributed by atoms with Gasteiger partial charge in [0.2, 0.25) is 0 Å². The third-order valence-corrected chi connectivity index (χ3v) is 17.3. The monoisotopic (exact) mass is 974 g/mol. The SMILES string of the molecule is N#Cc1c(-c2cccc(-c3ccccc3)c2)c(C#N)c(-n2c3ccccc3c3ccc4sc5ccccc5c4c32)c(-c2cccc(-c3ccccc3)c2)c1-n1c2ccccc2c2ccc3sc4ccccc4c3c21. The number of rotatable bonds is 6. The smallest absolute Gasteiger partial charge is 0.102 e. The van der Waals surface area contributed by atoms with E-state index in [1.54, 1.807) is 22.7 Å². The fraction of sp³-hybridized carbons (Fsp3) is 0. The van der Waals surface area contributed by atoms with E-state index in [1.807, 2.05) is 24.3 Å². The molecule has 15 aromatic rings. The number of fused-ring (bicyclic) bond motifs is 14. The highest BCUT2D eigenvalue weighted by Gasteiger charge is 2.33. The van der Waals surface area contributed by atoms with Gasteiger partial charge in [0.15, 0.2) is 0 Å². The number of hydrogen-bond acceptors (Lipinski definition) is 4. The number of nitrogens with zero attached hydrogens (tertiary/aromatic N) is 4. The Kier molecular flexibility index (Phi) is 9.40. The molecule has 74 heavy (non-hydrogen) atoms. The Balaban J connectivity index is 1.24. The van der Waals surface area contributed by atoms with Crippen molar-refractivity contribution in [2.45, 2.75) is 0 Å². The first-order valence-corrected chi connectivity index (χ1v) is 26.3. The molecular formula is C68H38N4S2. The predicted molar refractivity (Wildman–Crippen MR) is 312 cm³/mol. The zero-order valence-corrected chi connectivity index (χ0v) is 41.2. The number of aromatic nitrogens is 2. The van der Waals surface area contributed by atoms with E-state index < -0.39 is 0 Å². The maximum atomic E-state index is 12.4. The van der Waals surface area contributed by atoms with Gasteiger partial charge in [0.1, 0.15) is 12.1 Å². The van der Waals surface area contributed by atoms with Gasteiger partial charge in [0, 0.05) is 73.0 Å². The van der Waals surface area contributed by atoms with Crippen LogP contribution in [0.2, 0.25) is 0 Å². The van der Waals surface area contributed by atoms with Crippen LogP contribution in [-0.2, 0) is 0 Å². The molecule has 15 rings (SSSR count). The predicted octanol–water partition coefficient (Wildman–Crippen LogP) is 19.0. The molecule has 0 saturated heterocycles. The first kappa shape index (κ1) is 42.2. The number of nitriles is 2. The Hall–Kier alpha value is -9.56. The average molecular weight is 975 g/mol. The summed E-state index contributed by atoms with van der Waals surface area (Å²) >= 11 is 3.58. The summed E-state index contributed by atoms with van der Waals surface area (Å²) in [5.41, 5.74) is 13.4. The summed E-state index contributed by atoms with van der Waals surface area (Å²) in [7, 11) is 0. The van der Waals surface area contributed by atoms with Gasteiger partial charge in [-0.1, -0.05) is 182 Å². The largest absolute Gasteiger partial charge is 0.306 e. The van der Waals surface area contributed by atoms with Gasteiger partial charge >= 0.3 is 0 Å². The van der Waals surface area contributed by atoms with E-state index in [-0.39, 0.29) is 0 Å². The van der Waals surface area contributed by atoms with Crippen LogP contribution in [-0.4, -0.2) is 9.13 Å². The van der Waals surface area contributed by atoms with Gasteiger partial charge < -0.3 is 9.13 Å². The maximum absolute atomic E-state index is 12.4. The first-order chi connectivity index (χ1) is 36.7. The molecule has 4 aromatic heterocycles. The summed E-state index contributed by atoms with van der Waals surface area (Å²) in [5, 5.41) is 33.7. The molecule has 4 nitrogen and oxygen atoms in total. The van der Waals surface area contributed by atoms with Gasteiger partial charge in [-0.2, -0.15) is 10.5 Å². The summed E-state index contributed by atoms with van der Waals surface area (Å²) < 4.78 is 9.47. The molecule has 0 spiro atoms. The van der Waals surface area contributed by atoms with Crippen LogP contribution in [0.5, 0.6) is 0 Å². The van der Waals surface area contributed by atoms with Crippen molar-refractivity contribution in [3.63, 3.8) is 0 Å². The number of hydrogen-bond donors (Lipinski definition) is 0. The van der Waals surface area contributed by atoms with Crippen LogP contribution < -0.4 is 0 Å². The van der Waals surface area contributed by atoms with E-state index in [2.05, 4.69) is 228 Å². The van der Waals surface area contributed by atoms with Crippen LogP contribution >= 0.6 is 22.7 Å². The zero-order valence-electron chi connectivity index (χ0n) is 39.5. The van der Waals surface area contributed by atoms with Crippen molar-refractivity contribution in [2.24, 2.45) is 0 Å². The Morgan fingerprint density at radius 1 is 0.297 bits per heavy atom. The fourth-order valence-electron chi connectivity index (χ4n) is 11.9. The third kappa shape index (κ3) is 6.11. The van der Waals surface area contributed by atoms with Crippen molar-refractivity contribution in [1.82, 2.24) is 9.13 Å². The summed E-state index contributed by atoms with van der Waals surface area (Å²) in [6, 6.07) is 87.2. The lowest BCUT2D eigenvalue weighted by atomic mass is 9.85. The molecule has 0 N–H and O–H groups in total. The molecule has 0 saturated carbocycles. The van der Waals surface area contributed by atoms with Gasteiger partial charge in [-0.15, -0.1) is 22.7 Å². The molecule has 0 fully saturated rings. The lowest BCUT2D eigenvalue weighted by Crippen LogP contribution is -2.11. The van der Waals surface area contributed by atoms with Crippen molar-refractivity contribution in [2.75, 3.05) is 0 Å². The average Bonchev–Trinajstić information content (AvgIpc) is 4.23. The minimum absolute atomic E-state index is 0.418. The lowest BCUT2D eigenvalue weighted by Gasteiger charge is -2.26. The highest BCUT2D eigenvalue weighted by molar-refractivity contribution is 7.26. The Morgan fingerprint density at radius 2 is 0.676 bits per heavy atom. The van der Waals surface area contributed by atoms with E-state index in [0.717, 1.165) is 114 Å². The molecule has 0 bridgehead atoms. The van der Waals surface area contributed by atoms with Crippen LogP contribution in [0.1, 0.15) is 11.1 Å². The van der Waals surface area contributed by atoms with E-state index in [1.165, 1.54) is 9.40 Å². The zero-order chi connectivity index (χ0) is 49.0. The van der Waals surface area contributed by atoms with E-state index in [4.69, 9.17) is 0 Å². The molecule has 0 aliphatic heterocycles. The second kappa shape index (κ2) is 16.5. The molecule has 0 aliphatic carbocycles. The van der Waals surface area contributed by atoms with Crippen molar-refractivity contribution < 1.29 is 0 Å². The van der Waals surface area contributed by atoms with Gasteiger partial charge in [-0.3, -0.25) is 0 Å². The molecule has 11 aromatic carbocycles. The topological polar surface area (TPSA) is 57.4 Å². The Bertz CT molecular complexity index is 4690. The number of thiophene rings is 2. The third-order valence-electron chi connectivity index (χ3n) is 15.0. The second-order valence-corrected chi connectivity index (χ2v) is 21.1. The molecule has 342 valence electrons. The van der Waals surface area contributed by atoms with Crippen molar-refractivity contribution in [3.05, 3.63) is 242 Å². The van der Waals surface area contributed by atoms with Crippen LogP contribution in [0.3, 0.4) is 0 Å². The van der Waals surface area contributed by atoms with E-state index in [0.29, 0.717) is 28.1 Å². The second-order valence-electron chi connectivity index (χ2n) is 18.9. The Labute approximate surface area is 433 Å². The molecule has 0 aliphatic rings. The fourth-order valence-corrected chi connectivity index (χ4v) is 14.1. The van der Waals surface area contributed by atoms with Crippen LogP contribution in [0, 0.1) is 22.7 Å². The molecular weight excluding hydrogens is 937 g/mol. The number of para-hydroxylation sites is 2. The summed E-state index contributed by atoms with van der Waals surface area (Å²) in [5.74, 6) is 0. The standard InChI is InChI=1S/C68H38N4S2/c69-39-53-61(45-23-15-21-43(37-45)41-17-3-1-4-18-41)54(40-70)68(72-56-30-12-8-26-48(56)50-34-36-60-64(66(50)72)52-28-10-14-32-58(52)74-60)62(46-24-16-22-44(38-46)42-19-5-2-6-20-42)67(53)71-55-29-11-7-25-47(55)49-33-35-59-63(65(49)71)51-27-9-13-31-57(51)73-59/h1-38H. The van der Waals surface area contributed by atoms with Crippen LogP contribution in [0.15, 0.2) is 231 Å². The van der Waals surface area contributed by atoms with Crippen molar-refractivity contribution >= 4 is 107 Å². The quantitative estimate of drug-likeness (QED) is 0.167. The van der Waals surface area contributed by atoms with E-state index in [9.17, 15) is 10.5 Å². The van der Waals surface area contributed by atoms with Gasteiger partial charge in [-0.05, 0) is 81.9 Å². The van der Waals surface area contributed by atoms with Gasteiger partial charge in [0.05, 0.1) is 44.6 Å². The lowest BCUT2D eigenvalue weighted by molar-refractivity contribution is 1.13. The van der Waals surface area contributed by atoms with Crippen LogP contribution in [0.4, 0.5) is 0 Å². The highest BCUT2D eigenvalue weighted by atomic mass is 32.1. The molecule has 0 atom stereocenters. The minimum Gasteiger partial charge on any atom is -0.306 e. The Morgan fingerprint density at radius 3 is 1.14 bits per heavy atom. The van der Waals surface area contributed by atoms with Crippen molar-refractivity contribution in [1.29, 1.82) is 10.5 Å². The summed E-state index contributed by atoms with van der Waals surface area (Å²) in [6.07, 6.45) is 0. The maximum Gasteiger partial charge on any atom is 0.102 e. The first-order valence-electron chi connectivity index (χ1n) is 24.7. The van der Waals surface area contributed by atoms with Crippen LogP contribution in [0.25, 0.3) is 140 Å². The highest BCUT2D eigenvalue weighted by Crippen LogP contribution is 2.52. The molecule has 0 unspecified atom stereocenters. The van der Waals surface area contributed by atoms with E-state index >= 15 is 0 Å². The molecule has 6 heteroatoms. The minimum atomic E-state index is 0.418. The molecule has 0 amide bonds. The summed E-state index contributed by atoms with van der Waals surface area (Å²) in [6.45, 7) is 0. The molecule has 0 radical (unpaired) electrons. The molecule has 4 heterocycles. The van der Waals surface area contributed by atoms with Gasteiger partial charge in [-0.25, -0.2) is 0 Å². The van der Waals surface area contributed by atoms with Gasteiger partial charge in [0.25, 0.3) is 0 Å². The van der Waals surface area contributed by atoms with Crippen molar-refractivity contribution in [3.8, 4) is 68.0 Å².